The van der Waals surface area contributed by atoms with Crippen molar-refractivity contribution < 1.29 is 9.84 Å². The summed E-state index contributed by atoms with van der Waals surface area (Å²) in [5.74, 6) is 2.66. The Morgan fingerprint density at radius 1 is 0.714 bits per heavy atom. The van der Waals surface area contributed by atoms with E-state index >= 15 is 0 Å². The molecule has 3 fully saturated rings. The molecular weight excluding hydrogens is 532 g/mol. The van der Waals surface area contributed by atoms with E-state index in [0.29, 0.717) is 17.6 Å². The van der Waals surface area contributed by atoms with Crippen molar-refractivity contribution in [3.63, 3.8) is 0 Å². The lowest BCUT2D eigenvalue weighted by molar-refractivity contribution is 0.0132. The van der Waals surface area contributed by atoms with Gasteiger partial charge in [-0.25, -0.2) is 0 Å². The second kappa shape index (κ2) is 9.43. The molecule has 3 aromatic rings. The van der Waals surface area contributed by atoms with Crippen LogP contribution in [0.3, 0.4) is 0 Å². The summed E-state index contributed by atoms with van der Waals surface area (Å²) in [6, 6.07) is 16.0. The molecule has 0 radical (unpaired) electrons. The minimum absolute atomic E-state index is 0.0700. The predicted octanol–water partition coefficient (Wildman–Crippen LogP) is 11.4. The van der Waals surface area contributed by atoms with Crippen LogP contribution < -0.4 is 4.74 Å². The summed E-state index contributed by atoms with van der Waals surface area (Å²) in [6.07, 6.45) is 16.7. The summed E-state index contributed by atoms with van der Waals surface area (Å²) in [5, 5.41) is 14.0. The maximum Gasteiger partial charge on any atom is 0.164 e. The number of thioether (sulfide) groups is 1. The third kappa shape index (κ3) is 4.04. The van der Waals surface area contributed by atoms with E-state index in [4.69, 9.17) is 4.74 Å². The molecule has 1 spiro atoms. The summed E-state index contributed by atoms with van der Waals surface area (Å²) in [6.45, 7) is 9.81. The van der Waals surface area contributed by atoms with Crippen molar-refractivity contribution in [3.05, 3.63) is 53.6 Å². The molecule has 222 valence electrons. The lowest BCUT2D eigenvalue weighted by Gasteiger charge is -2.51. The van der Waals surface area contributed by atoms with Crippen LogP contribution in [0.15, 0.2) is 47.4 Å². The molecule has 5 aliphatic rings. The number of hydrogen-bond donors (Lipinski definition) is 1. The first kappa shape index (κ1) is 27.4. The van der Waals surface area contributed by atoms with Gasteiger partial charge < -0.3 is 9.84 Å². The molecule has 1 aliphatic heterocycles. The first-order chi connectivity index (χ1) is 20.1. The SMILES string of the molecule is CC1(C)CC(C)(C)CC2(C1)c1ccccc1-c1c2cc(O)c2cc3c(cc12)SC(C1CCCCC1)(C1CCCCC1)O3. The summed E-state index contributed by atoms with van der Waals surface area (Å²) >= 11 is 2.07. The van der Waals surface area contributed by atoms with E-state index in [1.165, 1.54) is 103 Å². The van der Waals surface area contributed by atoms with Crippen LogP contribution in [-0.4, -0.2) is 10.0 Å². The van der Waals surface area contributed by atoms with Gasteiger partial charge in [0.05, 0.1) is 4.90 Å². The van der Waals surface area contributed by atoms with E-state index in [1.807, 2.05) is 0 Å². The lowest BCUT2D eigenvalue weighted by Crippen LogP contribution is -2.47. The van der Waals surface area contributed by atoms with Crippen LogP contribution in [0.25, 0.3) is 21.9 Å². The molecule has 2 nitrogen and oxygen atoms in total. The van der Waals surface area contributed by atoms with Crippen LogP contribution in [0, 0.1) is 22.7 Å². The number of hydrogen-bond acceptors (Lipinski definition) is 3. The average molecular weight is 581 g/mol. The van der Waals surface area contributed by atoms with Crippen LogP contribution in [0.5, 0.6) is 11.5 Å². The molecule has 3 aromatic carbocycles. The monoisotopic (exact) mass is 580 g/mol. The maximum absolute atomic E-state index is 11.8. The molecule has 0 saturated heterocycles. The zero-order chi connectivity index (χ0) is 28.9. The largest absolute Gasteiger partial charge is 0.507 e. The van der Waals surface area contributed by atoms with Gasteiger partial charge in [0.25, 0.3) is 0 Å². The van der Waals surface area contributed by atoms with Crippen molar-refractivity contribution >= 4 is 22.5 Å². The molecule has 8 rings (SSSR count). The Hall–Kier alpha value is -2.13. The minimum atomic E-state index is -0.143. The van der Waals surface area contributed by atoms with E-state index in [9.17, 15) is 5.11 Å². The summed E-state index contributed by atoms with van der Waals surface area (Å²) in [7, 11) is 0. The zero-order valence-electron chi connectivity index (χ0n) is 26.2. The Bertz CT molecular complexity index is 1520. The van der Waals surface area contributed by atoms with Crippen molar-refractivity contribution in [2.75, 3.05) is 0 Å². The summed E-state index contributed by atoms with van der Waals surface area (Å²) in [5.41, 5.74) is 5.94. The predicted molar refractivity (Wildman–Crippen MR) is 176 cm³/mol. The lowest BCUT2D eigenvalue weighted by atomic mass is 9.52. The summed E-state index contributed by atoms with van der Waals surface area (Å²) < 4.78 is 7.24. The first-order valence-electron chi connectivity index (χ1n) is 16.9. The van der Waals surface area contributed by atoms with Crippen molar-refractivity contribution in [2.45, 2.75) is 126 Å². The van der Waals surface area contributed by atoms with Gasteiger partial charge in [0.1, 0.15) is 11.5 Å². The fraction of sp³-hybridized carbons (Fsp3) is 0.590. The maximum atomic E-state index is 11.8. The molecule has 0 unspecified atom stereocenters. The van der Waals surface area contributed by atoms with E-state index in [0.717, 1.165) is 24.0 Å². The van der Waals surface area contributed by atoms with E-state index in [2.05, 4.69) is 81.9 Å². The topological polar surface area (TPSA) is 29.5 Å². The van der Waals surface area contributed by atoms with Gasteiger partial charge in [-0.15, -0.1) is 0 Å². The number of ether oxygens (including phenoxy) is 1. The van der Waals surface area contributed by atoms with Gasteiger partial charge in [-0.3, -0.25) is 0 Å². The van der Waals surface area contributed by atoms with Crippen molar-refractivity contribution in [1.29, 1.82) is 0 Å². The third-order valence-electron chi connectivity index (χ3n) is 11.8. The first-order valence-corrected chi connectivity index (χ1v) is 17.7. The molecule has 3 saturated carbocycles. The molecule has 4 aliphatic carbocycles. The molecule has 0 amide bonds. The molecule has 3 heteroatoms. The van der Waals surface area contributed by atoms with Crippen LogP contribution in [0.1, 0.15) is 122 Å². The Morgan fingerprint density at radius 2 is 1.33 bits per heavy atom. The van der Waals surface area contributed by atoms with Gasteiger partial charge in [-0.2, -0.15) is 0 Å². The van der Waals surface area contributed by atoms with Crippen LogP contribution in [0.2, 0.25) is 0 Å². The van der Waals surface area contributed by atoms with Crippen molar-refractivity contribution in [2.24, 2.45) is 22.7 Å². The highest BCUT2D eigenvalue weighted by Crippen LogP contribution is 2.66. The van der Waals surface area contributed by atoms with Gasteiger partial charge in [-0.05, 0) is 102 Å². The van der Waals surface area contributed by atoms with Crippen LogP contribution >= 0.6 is 11.8 Å². The quantitative estimate of drug-likeness (QED) is 0.327. The highest BCUT2D eigenvalue weighted by atomic mass is 32.2. The summed E-state index contributed by atoms with van der Waals surface area (Å²) in [4.78, 5) is 1.16. The number of rotatable bonds is 2. The fourth-order valence-electron chi connectivity index (χ4n) is 11.0. The number of aromatic hydroxyl groups is 1. The van der Waals surface area contributed by atoms with Gasteiger partial charge in [-0.1, -0.05) is 102 Å². The highest BCUT2D eigenvalue weighted by Gasteiger charge is 2.55. The Morgan fingerprint density at radius 3 is 1.98 bits per heavy atom. The Labute approximate surface area is 257 Å². The average Bonchev–Trinajstić information content (AvgIpc) is 3.46. The normalized spacial score (nSPS) is 25.6. The van der Waals surface area contributed by atoms with Gasteiger partial charge in [0, 0.05) is 22.6 Å². The standard InChI is InChI=1S/C39H48O2S/c1-36(2)22-37(3,4)24-38(23-36)30-18-12-11-17-27(30)35-29-20-34-33(19-28(29)32(40)21-31(35)38)41-39(42-34,25-13-7-5-8-14-25)26-15-9-6-10-16-26/h11-12,17-21,25-26,40H,5-10,13-16,22-24H2,1-4H3. The molecule has 0 atom stereocenters. The van der Waals surface area contributed by atoms with E-state index in [-0.39, 0.29) is 21.2 Å². The van der Waals surface area contributed by atoms with Crippen LogP contribution in [-0.2, 0) is 5.41 Å². The number of benzene rings is 3. The second-order valence-corrected chi connectivity index (χ2v) is 17.5. The molecule has 0 bridgehead atoms. The van der Waals surface area contributed by atoms with Gasteiger partial charge in [0.15, 0.2) is 4.93 Å². The van der Waals surface area contributed by atoms with E-state index < -0.39 is 0 Å². The highest BCUT2D eigenvalue weighted by molar-refractivity contribution is 8.01. The molecule has 1 heterocycles. The zero-order valence-corrected chi connectivity index (χ0v) is 27.0. The molecular formula is C39H48O2S. The smallest absolute Gasteiger partial charge is 0.164 e. The number of phenolic OH excluding ortho intramolecular Hbond substituents is 1. The van der Waals surface area contributed by atoms with Crippen molar-refractivity contribution in [3.8, 4) is 22.6 Å². The second-order valence-electron chi connectivity index (χ2n) is 16.2. The molecule has 42 heavy (non-hydrogen) atoms. The van der Waals surface area contributed by atoms with Crippen molar-refractivity contribution in [1.82, 2.24) is 0 Å². The van der Waals surface area contributed by atoms with E-state index in [1.54, 1.807) is 0 Å². The third-order valence-corrected chi connectivity index (χ3v) is 13.4. The van der Waals surface area contributed by atoms with Crippen LogP contribution in [0.4, 0.5) is 0 Å². The van der Waals surface area contributed by atoms with Gasteiger partial charge >= 0.3 is 0 Å². The molecule has 1 N–H and O–H groups in total. The Kier molecular flexibility index (Phi) is 6.16. The minimum Gasteiger partial charge on any atom is -0.507 e. The number of phenols is 1. The molecule has 0 aromatic heterocycles. The number of fused-ring (bicyclic) bond motifs is 8. The fourth-order valence-corrected chi connectivity index (χ4v) is 12.7. The van der Waals surface area contributed by atoms with Gasteiger partial charge in [0.2, 0.25) is 0 Å². The Balaban J connectivity index is 1.31.